The van der Waals surface area contributed by atoms with Gasteiger partial charge in [-0.05, 0) is 0 Å². The third-order valence-corrected chi connectivity index (χ3v) is 13.9. The number of hydrogen-bond donors (Lipinski definition) is 0. The van der Waals surface area contributed by atoms with E-state index in [2.05, 4.69) is 19.7 Å². The minimum absolute atomic E-state index is 1.14. The smallest absolute Gasteiger partial charge is 0.179 e. The molecular formula is C6H12SSi2. The molecule has 0 aromatic heterocycles. The maximum Gasteiger partial charge on any atom is 0.179 e. The molecule has 0 aliphatic carbocycles. The molecule has 50 valence electrons. The molecule has 0 amide bonds. The van der Waals surface area contributed by atoms with Crippen molar-refractivity contribution >= 4 is 27.3 Å². The van der Waals surface area contributed by atoms with Crippen LogP contribution in [0.3, 0.4) is 0 Å². The first-order valence-corrected chi connectivity index (χ1v) is 9.33. The zero-order valence-electron chi connectivity index (χ0n) is 5.76. The van der Waals surface area contributed by atoms with Gasteiger partial charge in [0.2, 0.25) is 0 Å². The maximum absolute atomic E-state index is 3.77. The van der Waals surface area contributed by atoms with Crippen LogP contribution in [0.4, 0.5) is 0 Å². The van der Waals surface area contributed by atoms with Crippen molar-refractivity contribution < 1.29 is 0 Å². The quantitative estimate of drug-likeness (QED) is 0.573. The van der Waals surface area contributed by atoms with Crippen molar-refractivity contribution in [3.8, 4) is 0 Å². The van der Waals surface area contributed by atoms with Gasteiger partial charge in [-0.3, -0.25) is 0 Å². The van der Waals surface area contributed by atoms with Gasteiger partial charge in [-0.15, -0.1) is 19.7 Å². The van der Waals surface area contributed by atoms with Crippen LogP contribution in [0, 0.1) is 0 Å². The molecule has 0 aliphatic heterocycles. The summed E-state index contributed by atoms with van der Waals surface area (Å²) in [5.41, 5.74) is 6.01. The highest BCUT2D eigenvalue weighted by atomic mass is 32.5. The van der Waals surface area contributed by atoms with E-state index < -0.39 is 7.22 Å². The van der Waals surface area contributed by atoms with Crippen LogP contribution in [0.15, 0.2) is 36.8 Å². The highest BCUT2D eigenvalue weighted by Crippen LogP contribution is 2.18. The van der Waals surface area contributed by atoms with Gasteiger partial charge in [0, 0.05) is 0 Å². The highest BCUT2D eigenvalue weighted by molar-refractivity contribution is 8.45. The van der Waals surface area contributed by atoms with Gasteiger partial charge < -0.3 is 0 Å². The Balaban J connectivity index is 4.34. The zero-order valence-corrected chi connectivity index (χ0v) is 9.58. The van der Waals surface area contributed by atoms with Crippen LogP contribution in [0.1, 0.15) is 0 Å². The van der Waals surface area contributed by atoms with Gasteiger partial charge in [-0.25, -0.2) is 10.7 Å². The van der Waals surface area contributed by atoms with E-state index in [-0.39, 0.29) is 0 Å². The van der Waals surface area contributed by atoms with Gasteiger partial charge in [0.05, 0.1) is 9.39 Å². The Morgan fingerprint density at radius 1 is 1.11 bits per heavy atom. The van der Waals surface area contributed by atoms with Crippen LogP contribution < -0.4 is 0 Å². The monoisotopic (exact) mass is 172 g/mol. The van der Waals surface area contributed by atoms with E-state index in [0.717, 1.165) is 9.39 Å². The Kier molecular flexibility index (Phi) is 3.92. The minimum Gasteiger partial charge on any atom is -0.205 e. The van der Waals surface area contributed by atoms with Gasteiger partial charge >= 0.3 is 0 Å². The van der Waals surface area contributed by atoms with Crippen LogP contribution in [-0.2, 0) is 0 Å². The third kappa shape index (κ3) is 2.00. The van der Waals surface area contributed by atoms with Crippen molar-refractivity contribution in [2.45, 2.75) is 0 Å². The lowest BCUT2D eigenvalue weighted by atomic mass is 11.2. The molecule has 0 nitrogen and oxygen atoms in total. The predicted molar refractivity (Wildman–Crippen MR) is 53.9 cm³/mol. The summed E-state index contributed by atoms with van der Waals surface area (Å²) >= 11 is 0. The predicted octanol–water partition coefficient (Wildman–Crippen LogP) is 1.12. The van der Waals surface area contributed by atoms with E-state index in [1.54, 1.807) is 0 Å². The second kappa shape index (κ2) is 3.92. The highest BCUT2D eigenvalue weighted by Gasteiger charge is 2.18. The zero-order chi connectivity index (χ0) is 7.33. The Morgan fingerprint density at radius 3 is 1.44 bits per heavy atom. The standard InChI is InChI=1S/C6H12SSi2/c1-4-9(5-2,6-3)7-8/h4-6H,1-3H2,8H3. The Hall–Kier alpha value is 0.00377. The summed E-state index contributed by atoms with van der Waals surface area (Å²) in [6.07, 6.45) is 0. The Morgan fingerprint density at radius 2 is 1.44 bits per heavy atom. The van der Waals surface area contributed by atoms with Crippen LogP contribution >= 0.6 is 10.7 Å². The van der Waals surface area contributed by atoms with Crippen molar-refractivity contribution in [3.05, 3.63) is 36.8 Å². The topological polar surface area (TPSA) is 0 Å². The molecule has 0 bridgehead atoms. The fourth-order valence-corrected chi connectivity index (χ4v) is 7.50. The fraction of sp³-hybridized carbons (Fsp3) is 0. The van der Waals surface area contributed by atoms with Gasteiger partial charge in [-0.2, -0.15) is 0 Å². The van der Waals surface area contributed by atoms with Gasteiger partial charge in [0.15, 0.2) is 7.22 Å². The summed E-state index contributed by atoms with van der Waals surface area (Å²) in [5.74, 6) is 0. The molecule has 0 aromatic carbocycles. The molecule has 9 heavy (non-hydrogen) atoms. The maximum atomic E-state index is 3.77. The van der Waals surface area contributed by atoms with E-state index >= 15 is 0 Å². The molecule has 0 fully saturated rings. The second-order valence-electron chi connectivity index (χ2n) is 1.67. The number of hydrogen-bond acceptors (Lipinski definition) is 1. The van der Waals surface area contributed by atoms with Crippen molar-refractivity contribution in [3.63, 3.8) is 0 Å². The molecule has 0 aromatic rings. The minimum atomic E-state index is -1.42. The van der Waals surface area contributed by atoms with Crippen LogP contribution in [0.25, 0.3) is 0 Å². The lowest BCUT2D eigenvalue weighted by Crippen LogP contribution is -2.21. The molecule has 0 atom stereocenters. The molecule has 3 heteroatoms. The van der Waals surface area contributed by atoms with Crippen molar-refractivity contribution in [2.75, 3.05) is 0 Å². The average molecular weight is 172 g/mol. The van der Waals surface area contributed by atoms with E-state index in [1.165, 1.54) is 0 Å². The van der Waals surface area contributed by atoms with E-state index in [0.29, 0.717) is 0 Å². The van der Waals surface area contributed by atoms with Crippen molar-refractivity contribution in [2.24, 2.45) is 0 Å². The molecule has 0 saturated heterocycles. The Bertz CT molecular complexity index is 109. The summed E-state index contributed by atoms with van der Waals surface area (Å²) in [6.45, 7) is 11.3. The van der Waals surface area contributed by atoms with Crippen molar-refractivity contribution in [1.82, 2.24) is 0 Å². The van der Waals surface area contributed by atoms with E-state index in [4.69, 9.17) is 0 Å². The molecular weight excluding hydrogens is 160 g/mol. The van der Waals surface area contributed by atoms with Gasteiger partial charge in [0.25, 0.3) is 0 Å². The van der Waals surface area contributed by atoms with Crippen LogP contribution in [0.2, 0.25) is 0 Å². The summed E-state index contributed by atoms with van der Waals surface area (Å²) in [7, 11) is 1.66. The molecule has 0 rings (SSSR count). The molecule has 0 saturated carbocycles. The fourth-order valence-electron chi connectivity index (χ4n) is 0.500. The molecule has 0 N–H and O–H groups in total. The normalized spacial score (nSPS) is 10.7. The summed E-state index contributed by atoms with van der Waals surface area (Å²) in [4.78, 5) is 0. The molecule has 0 unspecified atom stereocenters. The SMILES string of the molecule is C=C[Si](C=C)(C=C)S[SiH3]. The molecule has 0 aliphatic rings. The first-order valence-electron chi connectivity index (χ1n) is 2.70. The van der Waals surface area contributed by atoms with Gasteiger partial charge in [-0.1, -0.05) is 17.1 Å². The summed E-state index contributed by atoms with van der Waals surface area (Å²) < 4.78 is 0. The van der Waals surface area contributed by atoms with Gasteiger partial charge in [0.1, 0.15) is 0 Å². The molecule has 0 radical (unpaired) electrons. The lowest BCUT2D eigenvalue weighted by Gasteiger charge is -2.14. The third-order valence-electron chi connectivity index (χ3n) is 1.31. The number of rotatable bonds is 4. The first kappa shape index (κ1) is 9.00. The van der Waals surface area contributed by atoms with E-state index in [9.17, 15) is 0 Å². The largest absolute Gasteiger partial charge is 0.205 e. The lowest BCUT2D eigenvalue weighted by molar-refractivity contribution is 2.23. The van der Waals surface area contributed by atoms with Crippen LogP contribution in [0.5, 0.6) is 0 Å². The van der Waals surface area contributed by atoms with Crippen LogP contribution in [-0.4, -0.2) is 16.6 Å². The average Bonchev–Trinajstić information content (AvgIpc) is 1.95. The second-order valence-corrected chi connectivity index (χ2v) is 12.0. The Labute approximate surface area is 64.5 Å². The van der Waals surface area contributed by atoms with E-state index in [1.807, 2.05) is 27.8 Å². The first-order chi connectivity index (χ1) is 4.24. The molecule has 0 spiro atoms. The summed E-state index contributed by atoms with van der Waals surface area (Å²) in [5, 5.41) is 0. The summed E-state index contributed by atoms with van der Waals surface area (Å²) in [6, 6.07) is 0. The van der Waals surface area contributed by atoms with Crippen molar-refractivity contribution in [1.29, 1.82) is 0 Å². The molecule has 0 heterocycles.